The molecule has 0 spiro atoms. The van der Waals surface area contributed by atoms with Crippen molar-refractivity contribution in [2.24, 2.45) is 0 Å². The summed E-state index contributed by atoms with van der Waals surface area (Å²) in [5.41, 5.74) is 0.607. The summed E-state index contributed by atoms with van der Waals surface area (Å²) >= 11 is 1.33. The highest BCUT2D eigenvalue weighted by Gasteiger charge is 2.08. The Labute approximate surface area is 117 Å². The van der Waals surface area contributed by atoms with Gasteiger partial charge >= 0.3 is 0 Å². The summed E-state index contributed by atoms with van der Waals surface area (Å²) in [4.78, 5) is 16.7. The van der Waals surface area contributed by atoms with Gasteiger partial charge in [0.15, 0.2) is 0 Å². The van der Waals surface area contributed by atoms with Crippen molar-refractivity contribution in [3.05, 3.63) is 22.1 Å². The van der Waals surface area contributed by atoms with E-state index in [9.17, 15) is 9.00 Å². The minimum atomic E-state index is -0.798. The topological polar surface area (TPSA) is 76.4 Å². The number of nitrogens with zero attached hydrogens (tertiary/aromatic N) is 3. The molecular weight excluding hydrogens is 284 g/mol. The second-order valence-electron chi connectivity index (χ2n) is 3.90. The molecule has 0 aromatic carbocycles. The van der Waals surface area contributed by atoms with Crippen LogP contribution >= 0.6 is 11.3 Å². The highest BCUT2D eigenvalue weighted by Crippen LogP contribution is 2.16. The van der Waals surface area contributed by atoms with Crippen molar-refractivity contribution in [2.45, 2.75) is 20.3 Å². The normalized spacial score (nSPS) is 12.7. The van der Waals surface area contributed by atoms with Crippen LogP contribution in [0.3, 0.4) is 0 Å². The van der Waals surface area contributed by atoms with E-state index in [1.807, 2.05) is 13.8 Å². The SMILES string of the molecule is CCc1cc(=O)n2nc(NCC[S@](=O)CC)sc2n1. The zero-order valence-corrected chi connectivity index (χ0v) is 12.5. The third kappa shape index (κ3) is 3.38. The first-order valence-electron chi connectivity index (χ1n) is 6.12. The number of aryl methyl sites for hydroxylation is 1. The van der Waals surface area contributed by atoms with Gasteiger partial charge in [0.2, 0.25) is 10.1 Å². The molecule has 2 heterocycles. The van der Waals surface area contributed by atoms with Gasteiger partial charge in [-0.2, -0.15) is 4.52 Å². The fraction of sp³-hybridized carbons (Fsp3) is 0.545. The Morgan fingerprint density at radius 1 is 1.47 bits per heavy atom. The zero-order chi connectivity index (χ0) is 13.8. The van der Waals surface area contributed by atoms with Crippen LogP contribution in [-0.2, 0) is 17.2 Å². The number of anilines is 1. The van der Waals surface area contributed by atoms with Crippen molar-refractivity contribution in [3.8, 4) is 0 Å². The van der Waals surface area contributed by atoms with Crippen LogP contribution in [0.5, 0.6) is 0 Å². The molecule has 2 aromatic heterocycles. The fourth-order valence-electron chi connectivity index (χ4n) is 1.52. The molecule has 0 amide bonds. The highest BCUT2D eigenvalue weighted by atomic mass is 32.2. The summed E-state index contributed by atoms with van der Waals surface area (Å²) in [5.74, 6) is 1.23. The molecule has 104 valence electrons. The molecule has 1 N–H and O–H groups in total. The second kappa shape index (κ2) is 6.25. The van der Waals surface area contributed by atoms with Crippen LogP contribution in [0.15, 0.2) is 10.9 Å². The summed E-state index contributed by atoms with van der Waals surface area (Å²) in [6.07, 6.45) is 0.724. The Bertz CT molecular complexity index is 650. The molecule has 0 saturated carbocycles. The van der Waals surface area contributed by atoms with E-state index in [4.69, 9.17) is 0 Å². The van der Waals surface area contributed by atoms with Crippen molar-refractivity contribution < 1.29 is 4.21 Å². The van der Waals surface area contributed by atoms with E-state index in [1.165, 1.54) is 21.9 Å². The van der Waals surface area contributed by atoms with Gasteiger partial charge in [0, 0.05) is 40.6 Å². The number of hydrogen-bond donors (Lipinski definition) is 1. The minimum absolute atomic E-state index is 0.164. The van der Waals surface area contributed by atoms with Crippen LogP contribution in [0.1, 0.15) is 19.5 Å². The van der Waals surface area contributed by atoms with E-state index >= 15 is 0 Å². The predicted molar refractivity (Wildman–Crippen MR) is 78.6 cm³/mol. The van der Waals surface area contributed by atoms with Crippen molar-refractivity contribution in [2.75, 3.05) is 23.4 Å². The molecule has 0 aliphatic rings. The van der Waals surface area contributed by atoms with Crippen LogP contribution in [0, 0.1) is 0 Å². The summed E-state index contributed by atoms with van der Waals surface area (Å²) in [5, 5.41) is 7.87. The number of nitrogens with one attached hydrogen (secondary N) is 1. The third-order valence-corrected chi connectivity index (χ3v) is 4.76. The summed E-state index contributed by atoms with van der Waals surface area (Å²) < 4.78 is 12.6. The zero-order valence-electron chi connectivity index (χ0n) is 10.9. The number of hydrogen-bond acceptors (Lipinski definition) is 6. The Hall–Kier alpha value is -1.28. The molecule has 0 aliphatic carbocycles. The molecule has 2 aromatic rings. The van der Waals surface area contributed by atoms with Crippen molar-refractivity contribution >= 4 is 32.2 Å². The van der Waals surface area contributed by atoms with Crippen LogP contribution in [0.25, 0.3) is 4.96 Å². The first kappa shape index (κ1) is 14.1. The van der Waals surface area contributed by atoms with E-state index < -0.39 is 10.8 Å². The average Bonchev–Trinajstić information content (AvgIpc) is 2.81. The first-order valence-corrected chi connectivity index (χ1v) is 8.43. The molecule has 1 atom stereocenters. The van der Waals surface area contributed by atoms with E-state index in [-0.39, 0.29) is 5.56 Å². The standard InChI is InChI=1S/C11H16N4O2S2/c1-3-8-7-9(16)15-11(13-8)18-10(14-15)12-5-6-19(17)4-2/h7H,3-6H2,1-2H3,(H,12,14)/t19-/m1/s1. The molecule has 19 heavy (non-hydrogen) atoms. The van der Waals surface area contributed by atoms with E-state index in [1.54, 1.807) is 0 Å². The molecular formula is C11H16N4O2S2. The summed E-state index contributed by atoms with van der Waals surface area (Å²) in [6, 6.07) is 1.50. The molecule has 8 heteroatoms. The molecule has 0 bridgehead atoms. The lowest BCUT2D eigenvalue weighted by Gasteiger charge is -1.99. The molecule has 0 saturated heterocycles. The molecule has 0 radical (unpaired) electrons. The molecule has 6 nitrogen and oxygen atoms in total. The van der Waals surface area contributed by atoms with Gasteiger partial charge in [0.1, 0.15) is 0 Å². The van der Waals surface area contributed by atoms with Gasteiger partial charge in [-0.3, -0.25) is 9.00 Å². The summed E-state index contributed by atoms with van der Waals surface area (Å²) in [6.45, 7) is 4.43. The molecule has 0 fully saturated rings. The first-order chi connectivity index (χ1) is 9.13. The van der Waals surface area contributed by atoms with Gasteiger partial charge in [0.25, 0.3) is 5.56 Å². The average molecular weight is 300 g/mol. The van der Waals surface area contributed by atoms with Gasteiger partial charge in [-0.1, -0.05) is 25.2 Å². The van der Waals surface area contributed by atoms with Gasteiger partial charge < -0.3 is 5.32 Å². The smallest absolute Gasteiger partial charge is 0.275 e. The fourth-order valence-corrected chi connectivity index (χ4v) is 2.99. The Kier molecular flexibility index (Phi) is 4.65. The lowest BCUT2D eigenvalue weighted by atomic mass is 10.3. The van der Waals surface area contributed by atoms with Crippen molar-refractivity contribution in [3.63, 3.8) is 0 Å². The van der Waals surface area contributed by atoms with E-state index in [0.717, 1.165) is 12.1 Å². The quantitative estimate of drug-likeness (QED) is 0.857. The Balaban J connectivity index is 2.15. The van der Waals surface area contributed by atoms with Crippen LogP contribution in [0.4, 0.5) is 5.13 Å². The highest BCUT2D eigenvalue weighted by molar-refractivity contribution is 7.84. The maximum atomic E-state index is 11.8. The number of fused-ring (bicyclic) bond motifs is 1. The van der Waals surface area contributed by atoms with E-state index in [0.29, 0.717) is 28.1 Å². The third-order valence-electron chi connectivity index (χ3n) is 2.59. The monoisotopic (exact) mass is 300 g/mol. The minimum Gasteiger partial charge on any atom is -0.359 e. The van der Waals surface area contributed by atoms with Crippen LogP contribution in [0.2, 0.25) is 0 Å². The lowest BCUT2D eigenvalue weighted by molar-refractivity contribution is 0.684. The van der Waals surface area contributed by atoms with Crippen LogP contribution in [-0.4, -0.2) is 36.9 Å². The van der Waals surface area contributed by atoms with E-state index in [2.05, 4.69) is 15.4 Å². The Morgan fingerprint density at radius 3 is 2.95 bits per heavy atom. The molecule has 0 aliphatic heterocycles. The predicted octanol–water partition coefficient (Wildman–Crippen LogP) is 0.894. The lowest BCUT2D eigenvalue weighted by Crippen LogP contribution is -2.16. The second-order valence-corrected chi connectivity index (χ2v) is 6.72. The number of rotatable bonds is 6. The Morgan fingerprint density at radius 2 is 2.26 bits per heavy atom. The van der Waals surface area contributed by atoms with Crippen LogP contribution < -0.4 is 10.9 Å². The van der Waals surface area contributed by atoms with Gasteiger partial charge in [-0.15, -0.1) is 5.10 Å². The number of aromatic nitrogens is 3. The molecule has 2 rings (SSSR count). The van der Waals surface area contributed by atoms with Crippen molar-refractivity contribution in [1.29, 1.82) is 0 Å². The van der Waals surface area contributed by atoms with Gasteiger partial charge in [-0.05, 0) is 6.42 Å². The maximum Gasteiger partial charge on any atom is 0.275 e. The largest absolute Gasteiger partial charge is 0.359 e. The molecule has 0 unspecified atom stereocenters. The van der Waals surface area contributed by atoms with Gasteiger partial charge in [0.05, 0.1) is 0 Å². The summed E-state index contributed by atoms with van der Waals surface area (Å²) in [7, 11) is -0.798. The maximum absolute atomic E-state index is 11.8. The van der Waals surface area contributed by atoms with Crippen molar-refractivity contribution in [1.82, 2.24) is 14.6 Å². The van der Waals surface area contributed by atoms with Gasteiger partial charge in [-0.25, -0.2) is 4.98 Å².